The van der Waals surface area contributed by atoms with Gasteiger partial charge in [0.2, 0.25) is 0 Å². The molecular formula is C64H56N3OPt-. The van der Waals surface area contributed by atoms with Crippen LogP contribution in [0.2, 0.25) is 0 Å². The maximum absolute atomic E-state index is 12.7. The quantitative estimate of drug-likeness (QED) is 0.154. The molecule has 2 heterocycles. The maximum atomic E-state index is 12.7. The molecule has 0 saturated heterocycles. The number of aryl methyl sites for hydroxylation is 2. The van der Waals surface area contributed by atoms with Gasteiger partial charge in [-0.1, -0.05) is 203 Å². The van der Waals surface area contributed by atoms with Crippen LogP contribution in [0.25, 0.3) is 95.0 Å². The molecule has 1 N–H and O–H groups in total. The van der Waals surface area contributed by atoms with Crippen molar-refractivity contribution in [2.45, 2.75) is 66.2 Å². The number of imidazole rings is 1. The van der Waals surface area contributed by atoms with Crippen LogP contribution in [0.1, 0.15) is 63.8 Å². The predicted octanol–water partition coefficient (Wildman–Crippen LogP) is 16.8. The number of hydrogen-bond acceptors (Lipinski definition) is 3. The van der Waals surface area contributed by atoms with E-state index in [1.807, 2.05) is 6.20 Å². The first-order chi connectivity index (χ1) is 32.7. The molecule has 0 aliphatic heterocycles. The van der Waals surface area contributed by atoms with Crippen molar-refractivity contribution in [3.05, 3.63) is 217 Å². The van der Waals surface area contributed by atoms with Crippen molar-refractivity contribution in [2.24, 2.45) is 0 Å². The zero-order valence-corrected chi connectivity index (χ0v) is 42.8. The second-order valence-corrected chi connectivity index (χ2v) is 20.1. The monoisotopic (exact) mass is 1080 g/mol. The summed E-state index contributed by atoms with van der Waals surface area (Å²) in [5.41, 5.74) is 19.5. The van der Waals surface area contributed by atoms with Gasteiger partial charge in [0, 0.05) is 44.1 Å². The predicted molar refractivity (Wildman–Crippen MR) is 284 cm³/mol. The van der Waals surface area contributed by atoms with Gasteiger partial charge in [-0.25, -0.2) is 4.98 Å². The number of phenolic OH excluding ortho intramolecular Hbond substituents is 1. The van der Waals surface area contributed by atoms with Crippen LogP contribution in [0.15, 0.2) is 188 Å². The molecule has 2 aromatic heterocycles. The van der Waals surface area contributed by atoms with Crippen molar-refractivity contribution in [1.82, 2.24) is 14.5 Å². The number of hydrogen-bond donors (Lipinski definition) is 1. The van der Waals surface area contributed by atoms with E-state index in [0.29, 0.717) is 11.4 Å². The molecule has 0 radical (unpaired) electrons. The fourth-order valence-electron chi connectivity index (χ4n) is 9.36. The number of aromatic nitrogens is 3. The maximum Gasteiger partial charge on any atom is 0.148 e. The second kappa shape index (κ2) is 18.7. The van der Waals surface area contributed by atoms with Crippen molar-refractivity contribution >= 4 is 11.0 Å². The van der Waals surface area contributed by atoms with Crippen LogP contribution >= 0.6 is 0 Å². The van der Waals surface area contributed by atoms with Gasteiger partial charge >= 0.3 is 0 Å². The summed E-state index contributed by atoms with van der Waals surface area (Å²) in [6.07, 6.45) is 1.89. The Morgan fingerprint density at radius 3 is 1.74 bits per heavy atom. The van der Waals surface area contributed by atoms with Crippen molar-refractivity contribution in [3.8, 4) is 89.7 Å². The largest absolute Gasteiger partial charge is 0.507 e. The molecule has 0 unspecified atom stereocenters. The first kappa shape index (κ1) is 47.0. The van der Waals surface area contributed by atoms with Gasteiger partial charge in [-0.05, 0) is 99.5 Å². The Labute approximate surface area is 421 Å². The fraction of sp³-hybridized carbons (Fsp3) is 0.156. The van der Waals surface area contributed by atoms with Crippen LogP contribution in [-0.2, 0) is 31.9 Å². The molecule has 4 nitrogen and oxygen atoms in total. The molecule has 0 atom stereocenters. The molecule has 69 heavy (non-hydrogen) atoms. The average molecular weight is 1080 g/mol. The van der Waals surface area contributed by atoms with E-state index in [1.165, 1.54) is 5.56 Å². The minimum atomic E-state index is -0.352. The number of fused-ring (bicyclic) bond motifs is 1. The summed E-state index contributed by atoms with van der Waals surface area (Å²) in [6.45, 7) is 17.5. The van der Waals surface area contributed by atoms with Gasteiger partial charge in [0.15, 0.2) is 0 Å². The van der Waals surface area contributed by atoms with Gasteiger partial charge in [-0.2, -0.15) is 0 Å². The van der Waals surface area contributed by atoms with Crippen LogP contribution in [0, 0.1) is 19.9 Å². The molecule has 10 aromatic rings. The van der Waals surface area contributed by atoms with Gasteiger partial charge < -0.3 is 5.11 Å². The Balaban J connectivity index is 0.00000593. The van der Waals surface area contributed by atoms with Crippen molar-refractivity contribution < 1.29 is 26.2 Å². The number of para-hydroxylation sites is 1. The third kappa shape index (κ3) is 9.27. The number of nitrogens with zero attached hydrogens (tertiary/aromatic N) is 3. The molecule has 0 amide bonds. The number of pyridine rings is 1. The molecule has 0 fully saturated rings. The van der Waals surface area contributed by atoms with Gasteiger partial charge in [0.25, 0.3) is 0 Å². The van der Waals surface area contributed by atoms with Crippen LogP contribution in [0.5, 0.6) is 5.75 Å². The Bertz CT molecular complexity index is 3470. The Morgan fingerprint density at radius 1 is 0.493 bits per heavy atom. The molecule has 0 spiro atoms. The Kier molecular flexibility index (Phi) is 12.8. The summed E-state index contributed by atoms with van der Waals surface area (Å²) < 4.78 is 2.29. The molecule has 344 valence electrons. The van der Waals surface area contributed by atoms with Gasteiger partial charge in [-0.15, -0.1) is 23.8 Å². The summed E-state index contributed by atoms with van der Waals surface area (Å²) in [5.74, 6) is 0.896. The van der Waals surface area contributed by atoms with Crippen molar-refractivity contribution in [1.29, 1.82) is 0 Å². The topological polar surface area (TPSA) is 50.9 Å². The van der Waals surface area contributed by atoms with Crippen LogP contribution in [0.4, 0.5) is 0 Å². The number of phenols is 1. The molecule has 5 heteroatoms. The standard InChI is InChI=1S/C64H56N3O.Pt/c1-41-27-29-44(30-28-41)47-31-32-65-57(37-47)50-35-48(43-19-12-9-13-20-43)34-49(36-50)52-25-18-26-58-60(52)66-62(55-38-51(63(3,4)5)39-56(61(55)68)64(6,7)8)67(58)59-40-53(45-21-14-10-15-22-45)42(2)33-54(59)46-23-16-11-17-24-46;/h9-35,37-40,68H,1-8H3;/q-1;. The van der Waals surface area contributed by atoms with E-state index in [-0.39, 0.29) is 37.6 Å². The summed E-state index contributed by atoms with van der Waals surface area (Å²) in [6, 6.07) is 68.2. The van der Waals surface area contributed by atoms with Crippen LogP contribution in [0.3, 0.4) is 0 Å². The number of aromatic hydroxyl groups is 1. The van der Waals surface area contributed by atoms with Crippen LogP contribution in [-0.4, -0.2) is 19.6 Å². The molecule has 10 rings (SSSR count). The van der Waals surface area contributed by atoms with Gasteiger partial charge in [0.05, 0.1) is 22.3 Å². The first-order valence-electron chi connectivity index (χ1n) is 23.5. The summed E-state index contributed by atoms with van der Waals surface area (Å²) in [5, 5.41) is 12.7. The van der Waals surface area contributed by atoms with E-state index in [0.717, 1.165) is 100 Å². The Hall–Kier alpha value is -7.13. The third-order valence-electron chi connectivity index (χ3n) is 13.2. The van der Waals surface area contributed by atoms with E-state index < -0.39 is 0 Å². The molecule has 8 aromatic carbocycles. The average Bonchev–Trinajstić information content (AvgIpc) is 3.73. The third-order valence-corrected chi connectivity index (χ3v) is 13.2. The summed E-state index contributed by atoms with van der Waals surface area (Å²) in [7, 11) is 0. The normalized spacial score (nSPS) is 11.7. The van der Waals surface area contributed by atoms with E-state index in [9.17, 15) is 5.11 Å². The zero-order valence-electron chi connectivity index (χ0n) is 40.5. The smallest absolute Gasteiger partial charge is 0.148 e. The number of rotatable bonds is 8. The Morgan fingerprint density at radius 2 is 1.10 bits per heavy atom. The zero-order chi connectivity index (χ0) is 47.3. The van der Waals surface area contributed by atoms with Crippen LogP contribution < -0.4 is 0 Å². The molecule has 0 aliphatic carbocycles. The minimum Gasteiger partial charge on any atom is -0.507 e. The minimum absolute atomic E-state index is 0. The van der Waals surface area contributed by atoms with Crippen molar-refractivity contribution in [3.63, 3.8) is 0 Å². The summed E-state index contributed by atoms with van der Waals surface area (Å²) in [4.78, 5) is 10.7. The molecule has 0 aliphatic rings. The van der Waals surface area contributed by atoms with Gasteiger partial charge in [-0.3, -0.25) is 9.55 Å². The van der Waals surface area contributed by atoms with Gasteiger partial charge in [0.1, 0.15) is 11.6 Å². The van der Waals surface area contributed by atoms with E-state index in [1.54, 1.807) is 0 Å². The fourth-order valence-corrected chi connectivity index (χ4v) is 9.36. The van der Waals surface area contributed by atoms with E-state index in [2.05, 4.69) is 248 Å². The number of benzene rings is 8. The molecule has 0 bridgehead atoms. The SMILES string of the molecule is Cc1ccc(-c2ccnc(-c3[c-]c(-c4cccc5c4nc(-c4cc(C(C)(C)C)cc(C(C)(C)C)c4O)n5-c4cc(-c5ccccc5)c(C)cc4-c4ccccc4)cc(-c4ccccc4)c3)c2)cc1.[Pt]. The van der Waals surface area contributed by atoms with E-state index in [4.69, 9.17) is 9.97 Å². The molecule has 0 saturated carbocycles. The van der Waals surface area contributed by atoms with E-state index >= 15 is 0 Å². The summed E-state index contributed by atoms with van der Waals surface area (Å²) >= 11 is 0. The first-order valence-corrected chi connectivity index (χ1v) is 23.5. The van der Waals surface area contributed by atoms with Crippen molar-refractivity contribution in [2.75, 3.05) is 0 Å². The molecular weight excluding hydrogens is 1020 g/mol. The second-order valence-electron chi connectivity index (χ2n) is 20.1.